The van der Waals surface area contributed by atoms with Crippen LogP contribution in [0.15, 0.2) is 18.2 Å². The highest BCUT2D eigenvalue weighted by atomic mass is 16.2. The number of aryl methyl sites for hydroxylation is 1. The van der Waals surface area contributed by atoms with E-state index in [4.69, 9.17) is 5.73 Å². The van der Waals surface area contributed by atoms with Crippen molar-refractivity contribution in [3.63, 3.8) is 0 Å². The van der Waals surface area contributed by atoms with E-state index in [1.54, 1.807) is 0 Å². The molecule has 20 heavy (non-hydrogen) atoms. The largest absolute Gasteiger partial charge is 0.399 e. The van der Waals surface area contributed by atoms with E-state index in [0.29, 0.717) is 12.6 Å². The minimum absolute atomic E-state index is 0.0934. The average Bonchev–Trinajstić information content (AvgIpc) is 2.38. The molecule has 1 aliphatic carbocycles. The molecule has 2 rings (SSSR count). The molecule has 0 bridgehead atoms. The van der Waals surface area contributed by atoms with Gasteiger partial charge in [-0.15, -0.1) is 0 Å². The Kier molecular flexibility index (Phi) is 4.65. The van der Waals surface area contributed by atoms with Crippen LogP contribution in [-0.2, 0) is 11.2 Å². The highest BCUT2D eigenvalue weighted by Gasteiger charge is 2.22. The third-order valence-corrected chi connectivity index (χ3v) is 4.09. The van der Waals surface area contributed by atoms with Crippen LogP contribution in [0, 0.1) is 0 Å². The van der Waals surface area contributed by atoms with E-state index in [2.05, 4.69) is 25.2 Å². The van der Waals surface area contributed by atoms with Crippen molar-refractivity contribution in [2.24, 2.45) is 0 Å². The summed E-state index contributed by atoms with van der Waals surface area (Å²) < 4.78 is 0. The number of fused-ring (bicyclic) bond motifs is 1. The van der Waals surface area contributed by atoms with Gasteiger partial charge in [0.05, 0.1) is 12.6 Å². The SMILES string of the molecule is CC(C)N(C)CC(=O)NC1CCCc2cc(N)ccc21. The molecule has 4 heteroatoms. The molecular weight excluding hydrogens is 250 g/mol. The first-order chi connectivity index (χ1) is 9.47. The van der Waals surface area contributed by atoms with Crippen LogP contribution in [0.5, 0.6) is 0 Å². The third kappa shape index (κ3) is 3.51. The van der Waals surface area contributed by atoms with Gasteiger partial charge in [-0.3, -0.25) is 9.69 Å². The van der Waals surface area contributed by atoms with Crippen LogP contribution in [0.1, 0.15) is 43.9 Å². The molecule has 1 aromatic rings. The van der Waals surface area contributed by atoms with Crippen LogP contribution < -0.4 is 11.1 Å². The van der Waals surface area contributed by atoms with E-state index in [1.165, 1.54) is 11.1 Å². The molecule has 0 radical (unpaired) electrons. The second kappa shape index (κ2) is 6.27. The molecule has 3 N–H and O–H groups in total. The lowest BCUT2D eigenvalue weighted by molar-refractivity contribution is -0.123. The Morgan fingerprint density at radius 1 is 1.50 bits per heavy atom. The predicted octanol–water partition coefficient (Wildman–Crippen LogP) is 2.10. The van der Waals surface area contributed by atoms with Gasteiger partial charge in [0.1, 0.15) is 0 Å². The zero-order valence-corrected chi connectivity index (χ0v) is 12.6. The number of nitrogens with one attached hydrogen (secondary N) is 1. The number of likely N-dealkylation sites (N-methyl/N-ethyl adjacent to an activating group) is 1. The van der Waals surface area contributed by atoms with Crippen molar-refractivity contribution in [2.75, 3.05) is 19.3 Å². The van der Waals surface area contributed by atoms with Crippen LogP contribution >= 0.6 is 0 Å². The van der Waals surface area contributed by atoms with E-state index < -0.39 is 0 Å². The number of carbonyl (C=O) groups is 1. The van der Waals surface area contributed by atoms with Crippen molar-refractivity contribution in [1.82, 2.24) is 10.2 Å². The summed E-state index contributed by atoms with van der Waals surface area (Å²) in [4.78, 5) is 14.2. The predicted molar refractivity (Wildman–Crippen MR) is 82.4 cm³/mol. The van der Waals surface area contributed by atoms with Gasteiger partial charge in [0.2, 0.25) is 5.91 Å². The molecule has 0 spiro atoms. The van der Waals surface area contributed by atoms with Crippen LogP contribution in [0.4, 0.5) is 5.69 Å². The first-order valence-corrected chi connectivity index (χ1v) is 7.35. The van der Waals surface area contributed by atoms with Crippen molar-refractivity contribution in [1.29, 1.82) is 0 Å². The molecule has 1 amide bonds. The maximum atomic E-state index is 12.1. The Morgan fingerprint density at radius 2 is 2.25 bits per heavy atom. The summed E-state index contributed by atoms with van der Waals surface area (Å²) in [5, 5.41) is 3.16. The molecule has 1 unspecified atom stereocenters. The van der Waals surface area contributed by atoms with Crippen molar-refractivity contribution >= 4 is 11.6 Å². The number of amides is 1. The summed E-state index contributed by atoms with van der Waals surface area (Å²) in [5.41, 5.74) is 9.14. The molecule has 4 nitrogen and oxygen atoms in total. The highest BCUT2D eigenvalue weighted by molar-refractivity contribution is 5.78. The zero-order chi connectivity index (χ0) is 14.7. The monoisotopic (exact) mass is 275 g/mol. The van der Waals surface area contributed by atoms with E-state index in [1.807, 2.05) is 24.1 Å². The minimum atomic E-state index is 0.0934. The Bertz CT molecular complexity index is 485. The quantitative estimate of drug-likeness (QED) is 0.827. The summed E-state index contributed by atoms with van der Waals surface area (Å²) in [6, 6.07) is 6.52. The molecule has 0 saturated heterocycles. The van der Waals surface area contributed by atoms with Gasteiger partial charge in [0, 0.05) is 11.7 Å². The van der Waals surface area contributed by atoms with Gasteiger partial charge >= 0.3 is 0 Å². The second-order valence-corrected chi connectivity index (χ2v) is 5.98. The topological polar surface area (TPSA) is 58.4 Å². The molecular formula is C16H25N3O. The Labute approximate surface area is 121 Å². The standard InChI is InChI=1S/C16H25N3O/c1-11(2)19(3)10-16(20)18-15-6-4-5-12-9-13(17)7-8-14(12)15/h7-9,11,15H,4-6,10,17H2,1-3H3,(H,18,20). The lowest BCUT2D eigenvalue weighted by atomic mass is 9.87. The summed E-state index contributed by atoms with van der Waals surface area (Å²) >= 11 is 0. The minimum Gasteiger partial charge on any atom is -0.399 e. The third-order valence-electron chi connectivity index (χ3n) is 4.09. The van der Waals surface area contributed by atoms with Crippen LogP contribution in [0.3, 0.4) is 0 Å². The van der Waals surface area contributed by atoms with Gasteiger partial charge in [-0.1, -0.05) is 6.07 Å². The molecule has 1 atom stereocenters. The van der Waals surface area contributed by atoms with E-state index in [-0.39, 0.29) is 11.9 Å². The first-order valence-electron chi connectivity index (χ1n) is 7.35. The number of nitrogens with two attached hydrogens (primary N) is 1. The number of hydrogen-bond donors (Lipinski definition) is 2. The molecule has 0 fully saturated rings. The molecule has 0 saturated carbocycles. The van der Waals surface area contributed by atoms with Crippen molar-refractivity contribution in [2.45, 2.75) is 45.2 Å². The maximum absolute atomic E-state index is 12.1. The van der Waals surface area contributed by atoms with Crippen molar-refractivity contribution < 1.29 is 4.79 Å². The van der Waals surface area contributed by atoms with Crippen molar-refractivity contribution in [3.8, 4) is 0 Å². The molecule has 0 heterocycles. The average molecular weight is 275 g/mol. The summed E-state index contributed by atoms with van der Waals surface area (Å²) in [6.45, 7) is 4.62. The Morgan fingerprint density at radius 3 is 2.95 bits per heavy atom. The zero-order valence-electron chi connectivity index (χ0n) is 12.6. The number of rotatable bonds is 4. The molecule has 0 aliphatic heterocycles. The van der Waals surface area contributed by atoms with Crippen LogP contribution in [0.2, 0.25) is 0 Å². The number of carbonyl (C=O) groups excluding carboxylic acids is 1. The van der Waals surface area contributed by atoms with Gasteiger partial charge in [-0.2, -0.15) is 0 Å². The molecule has 0 aromatic heterocycles. The lowest BCUT2D eigenvalue weighted by Crippen LogP contribution is -2.40. The second-order valence-electron chi connectivity index (χ2n) is 5.98. The van der Waals surface area contributed by atoms with Crippen LogP contribution in [-0.4, -0.2) is 30.4 Å². The smallest absolute Gasteiger partial charge is 0.234 e. The number of nitrogen functional groups attached to an aromatic ring is 1. The number of hydrogen-bond acceptors (Lipinski definition) is 3. The Hall–Kier alpha value is -1.55. The fourth-order valence-electron chi connectivity index (χ4n) is 2.63. The lowest BCUT2D eigenvalue weighted by Gasteiger charge is -2.28. The van der Waals surface area contributed by atoms with Gasteiger partial charge < -0.3 is 11.1 Å². The summed E-state index contributed by atoms with van der Waals surface area (Å²) in [7, 11) is 1.97. The highest BCUT2D eigenvalue weighted by Crippen LogP contribution is 2.30. The fourth-order valence-corrected chi connectivity index (χ4v) is 2.63. The summed E-state index contributed by atoms with van der Waals surface area (Å²) in [5.74, 6) is 0.0934. The number of anilines is 1. The number of benzene rings is 1. The Balaban J connectivity index is 2.03. The van der Waals surface area contributed by atoms with Gasteiger partial charge in [-0.25, -0.2) is 0 Å². The first kappa shape index (κ1) is 14.9. The van der Waals surface area contributed by atoms with Gasteiger partial charge in [0.15, 0.2) is 0 Å². The van der Waals surface area contributed by atoms with E-state index >= 15 is 0 Å². The molecule has 1 aliphatic rings. The van der Waals surface area contributed by atoms with Gasteiger partial charge in [-0.05, 0) is 63.4 Å². The number of nitrogens with zero attached hydrogens (tertiary/aromatic N) is 1. The van der Waals surface area contributed by atoms with Crippen LogP contribution in [0.25, 0.3) is 0 Å². The normalized spacial score (nSPS) is 18.1. The summed E-state index contributed by atoms with van der Waals surface area (Å²) in [6.07, 6.45) is 3.16. The van der Waals surface area contributed by atoms with Gasteiger partial charge in [0.25, 0.3) is 0 Å². The van der Waals surface area contributed by atoms with E-state index in [0.717, 1.165) is 24.9 Å². The fraction of sp³-hybridized carbons (Fsp3) is 0.562. The molecule has 110 valence electrons. The maximum Gasteiger partial charge on any atom is 0.234 e. The molecule has 1 aromatic carbocycles. The van der Waals surface area contributed by atoms with Crippen molar-refractivity contribution in [3.05, 3.63) is 29.3 Å². The van der Waals surface area contributed by atoms with E-state index in [9.17, 15) is 4.79 Å².